The Morgan fingerprint density at radius 2 is 2.07 bits per heavy atom. The van der Waals surface area contributed by atoms with Crippen molar-refractivity contribution < 1.29 is 4.74 Å². The van der Waals surface area contributed by atoms with E-state index in [9.17, 15) is 0 Å². The van der Waals surface area contributed by atoms with Crippen molar-refractivity contribution in [2.45, 2.75) is 32.0 Å². The quantitative estimate of drug-likeness (QED) is 0.686. The highest BCUT2D eigenvalue weighted by Gasteiger charge is 2.33. The van der Waals surface area contributed by atoms with Crippen molar-refractivity contribution in [3.63, 3.8) is 0 Å². The van der Waals surface area contributed by atoms with Gasteiger partial charge >= 0.3 is 0 Å². The summed E-state index contributed by atoms with van der Waals surface area (Å²) in [5.41, 5.74) is 1.29. The van der Waals surface area contributed by atoms with Gasteiger partial charge in [-0.15, -0.1) is 0 Å². The van der Waals surface area contributed by atoms with E-state index in [1.807, 2.05) is 0 Å². The molecule has 3 heteroatoms. The SMILES string of the molecule is C=C(CNCC)CN1CC2CCC(C1)O2. The van der Waals surface area contributed by atoms with E-state index >= 15 is 0 Å². The van der Waals surface area contributed by atoms with E-state index in [0.29, 0.717) is 12.2 Å². The molecule has 15 heavy (non-hydrogen) atoms. The number of nitrogens with zero attached hydrogens (tertiary/aromatic N) is 1. The number of hydrogen-bond acceptors (Lipinski definition) is 3. The van der Waals surface area contributed by atoms with Crippen molar-refractivity contribution in [1.29, 1.82) is 0 Å². The van der Waals surface area contributed by atoms with Crippen LogP contribution in [0.3, 0.4) is 0 Å². The zero-order valence-corrected chi connectivity index (χ0v) is 9.67. The minimum absolute atomic E-state index is 0.496. The molecule has 3 nitrogen and oxygen atoms in total. The second kappa shape index (κ2) is 5.10. The van der Waals surface area contributed by atoms with E-state index in [0.717, 1.165) is 32.7 Å². The second-order valence-electron chi connectivity index (χ2n) is 4.68. The lowest BCUT2D eigenvalue weighted by molar-refractivity contribution is -0.0352. The van der Waals surface area contributed by atoms with E-state index in [4.69, 9.17) is 4.74 Å². The Morgan fingerprint density at radius 3 is 2.67 bits per heavy atom. The molecule has 2 aliphatic rings. The van der Waals surface area contributed by atoms with Gasteiger partial charge in [-0.25, -0.2) is 0 Å². The standard InChI is InChI=1S/C12H22N2O/c1-3-13-6-10(2)7-14-8-11-4-5-12(9-14)15-11/h11-13H,2-9H2,1H3. The van der Waals surface area contributed by atoms with Gasteiger partial charge in [-0.2, -0.15) is 0 Å². The number of ether oxygens (including phenoxy) is 1. The fourth-order valence-corrected chi connectivity index (χ4v) is 2.50. The van der Waals surface area contributed by atoms with Crippen LogP contribution in [0.25, 0.3) is 0 Å². The van der Waals surface area contributed by atoms with Gasteiger partial charge in [0.05, 0.1) is 12.2 Å². The average Bonchev–Trinajstić information content (AvgIpc) is 2.55. The molecule has 0 aromatic heterocycles. The third-order valence-electron chi connectivity index (χ3n) is 3.19. The van der Waals surface area contributed by atoms with Crippen LogP contribution in [0, 0.1) is 0 Å². The summed E-state index contributed by atoms with van der Waals surface area (Å²) in [6.45, 7) is 11.4. The van der Waals surface area contributed by atoms with Crippen LogP contribution >= 0.6 is 0 Å². The number of hydrogen-bond donors (Lipinski definition) is 1. The minimum Gasteiger partial charge on any atom is -0.372 e. The van der Waals surface area contributed by atoms with E-state index in [1.165, 1.54) is 18.4 Å². The second-order valence-corrected chi connectivity index (χ2v) is 4.68. The summed E-state index contributed by atoms with van der Waals surface area (Å²) in [5.74, 6) is 0. The molecular formula is C12H22N2O. The molecule has 2 bridgehead atoms. The number of likely N-dealkylation sites (N-methyl/N-ethyl adjacent to an activating group) is 1. The van der Waals surface area contributed by atoms with Crippen molar-refractivity contribution in [2.24, 2.45) is 0 Å². The van der Waals surface area contributed by atoms with Gasteiger partial charge in [-0.3, -0.25) is 4.90 Å². The Kier molecular flexibility index (Phi) is 3.78. The summed E-state index contributed by atoms with van der Waals surface area (Å²) in [7, 11) is 0. The first-order valence-corrected chi connectivity index (χ1v) is 6.03. The van der Waals surface area contributed by atoms with E-state index in [-0.39, 0.29) is 0 Å². The lowest BCUT2D eigenvalue weighted by Gasteiger charge is -2.32. The van der Waals surface area contributed by atoms with Crippen LogP contribution in [0.2, 0.25) is 0 Å². The molecule has 0 aliphatic carbocycles. The van der Waals surface area contributed by atoms with Crippen LogP contribution in [-0.2, 0) is 4.74 Å². The largest absolute Gasteiger partial charge is 0.372 e. The first kappa shape index (κ1) is 11.1. The van der Waals surface area contributed by atoms with E-state index in [1.54, 1.807) is 0 Å². The number of fused-ring (bicyclic) bond motifs is 2. The van der Waals surface area contributed by atoms with Gasteiger partial charge in [-0.05, 0) is 25.0 Å². The summed E-state index contributed by atoms with van der Waals surface area (Å²) in [6, 6.07) is 0. The molecule has 2 unspecified atom stereocenters. The van der Waals surface area contributed by atoms with Gasteiger partial charge in [0.15, 0.2) is 0 Å². The van der Waals surface area contributed by atoms with Crippen LogP contribution in [0.4, 0.5) is 0 Å². The maximum absolute atomic E-state index is 5.80. The summed E-state index contributed by atoms with van der Waals surface area (Å²) in [5, 5.41) is 3.32. The molecule has 0 radical (unpaired) electrons. The maximum Gasteiger partial charge on any atom is 0.0707 e. The smallest absolute Gasteiger partial charge is 0.0707 e. The van der Waals surface area contributed by atoms with E-state index in [2.05, 4.69) is 23.7 Å². The van der Waals surface area contributed by atoms with Crippen molar-refractivity contribution in [3.05, 3.63) is 12.2 Å². The van der Waals surface area contributed by atoms with Crippen LogP contribution < -0.4 is 5.32 Å². The predicted octanol–water partition coefficient (Wildman–Crippen LogP) is 1.02. The van der Waals surface area contributed by atoms with E-state index < -0.39 is 0 Å². The van der Waals surface area contributed by atoms with Crippen molar-refractivity contribution in [3.8, 4) is 0 Å². The zero-order chi connectivity index (χ0) is 10.7. The summed E-state index contributed by atoms with van der Waals surface area (Å²) in [6.07, 6.45) is 3.49. The highest BCUT2D eigenvalue weighted by molar-refractivity contribution is 5.01. The van der Waals surface area contributed by atoms with Crippen molar-refractivity contribution in [1.82, 2.24) is 10.2 Å². The molecule has 2 saturated heterocycles. The van der Waals surface area contributed by atoms with Gasteiger partial charge < -0.3 is 10.1 Å². The molecule has 2 atom stereocenters. The minimum atomic E-state index is 0.496. The molecule has 0 saturated carbocycles. The first-order valence-electron chi connectivity index (χ1n) is 6.03. The molecule has 2 heterocycles. The number of morpholine rings is 1. The van der Waals surface area contributed by atoms with Crippen molar-refractivity contribution >= 4 is 0 Å². The first-order chi connectivity index (χ1) is 7.28. The van der Waals surface area contributed by atoms with Crippen LogP contribution in [0.15, 0.2) is 12.2 Å². The molecule has 2 aliphatic heterocycles. The predicted molar refractivity (Wildman–Crippen MR) is 62.0 cm³/mol. The van der Waals surface area contributed by atoms with Crippen LogP contribution in [-0.4, -0.2) is 49.8 Å². The Labute approximate surface area is 92.5 Å². The molecule has 0 aromatic rings. The maximum atomic E-state index is 5.80. The third kappa shape index (κ3) is 3.03. The van der Waals surface area contributed by atoms with Crippen LogP contribution in [0.1, 0.15) is 19.8 Å². The molecule has 0 aromatic carbocycles. The Balaban J connectivity index is 1.73. The van der Waals surface area contributed by atoms with Gasteiger partial charge in [0.25, 0.3) is 0 Å². The lowest BCUT2D eigenvalue weighted by atomic mass is 10.2. The Bertz CT molecular complexity index is 218. The Hall–Kier alpha value is -0.380. The third-order valence-corrected chi connectivity index (χ3v) is 3.19. The average molecular weight is 210 g/mol. The van der Waals surface area contributed by atoms with Crippen LogP contribution in [0.5, 0.6) is 0 Å². The summed E-state index contributed by atoms with van der Waals surface area (Å²) >= 11 is 0. The highest BCUT2D eigenvalue weighted by Crippen LogP contribution is 2.26. The normalized spacial score (nSPS) is 30.7. The molecule has 0 spiro atoms. The summed E-state index contributed by atoms with van der Waals surface area (Å²) < 4.78 is 5.80. The zero-order valence-electron chi connectivity index (χ0n) is 9.67. The summed E-state index contributed by atoms with van der Waals surface area (Å²) in [4.78, 5) is 2.49. The highest BCUT2D eigenvalue weighted by atomic mass is 16.5. The topological polar surface area (TPSA) is 24.5 Å². The molecule has 2 rings (SSSR count). The van der Waals surface area contributed by atoms with Crippen molar-refractivity contribution in [2.75, 3.05) is 32.7 Å². The molecular weight excluding hydrogens is 188 g/mol. The van der Waals surface area contributed by atoms with Gasteiger partial charge in [0.2, 0.25) is 0 Å². The number of nitrogens with one attached hydrogen (secondary N) is 1. The fraction of sp³-hybridized carbons (Fsp3) is 0.833. The molecule has 2 fully saturated rings. The Morgan fingerprint density at radius 1 is 1.40 bits per heavy atom. The monoisotopic (exact) mass is 210 g/mol. The van der Waals surface area contributed by atoms with Gasteiger partial charge in [0.1, 0.15) is 0 Å². The van der Waals surface area contributed by atoms with Gasteiger partial charge in [-0.1, -0.05) is 13.5 Å². The number of likely N-dealkylation sites (tertiary alicyclic amines) is 1. The fourth-order valence-electron chi connectivity index (χ4n) is 2.50. The number of rotatable bonds is 5. The molecule has 86 valence electrons. The molecule has 0 amide bonds. The lowest BCUT2D eigenvalue weighted by Crippen LogP contribution is -2.43. The molecule has 1 N–H and O–H groups in total. The van der Waals surface area contributed by atoms with Gasteiger partial charge in [0, 0.05) is 26.2 Å².